The van der Waals surface area contributed by atoms with E-state index in [1.807, 2.05) is 26.2 Å². The number of hydrogen-bond donors (Lipinski definition) is 0. The van der Waals surface area contributed by atoms with Gasteiger partial charge >= 0.3 is 0 Å². The SMILES string of the molecule is CN(C)c1cccc(C#CCBr)c1. The number of hydrogen-bond acceptors (Lipinski definition) is 1. The van der Waals surface area contributed by atoms with E-state index >= 15 is 0 Å². The minimum atomic E-state index is 0.721. The average molecular weight is 238 g/mol. The van der Waals surface area contributed by atoms with Crippen LogP contribution in [-0.2, 0) is 0 Å². The molecule has 0 heterocycles. The molecule has 0 radical (unpaired) electrons. The van der Waals surface area contributed by atoms with Crippen LogP contribution in [0, 0.1) is 11.8 Å². The predicted octanol–water partition coefficient (Wildman–Crippen LogP) is 2.50. The van der Waals surface area contributed by atoms with Crippen LogP contribution in [0.2, 0.25) is 0 Å². The van der Waals surface area contributed by atoms with Gasteiger partial charge in [-0.3, -0.25) is 0 Å². The molecule has 0 saturated heterocycles. The summed E-state index contributed by atoms with van der Waals surface area (Å²) in [5.74, 6) is 6.04. The molecule has 0 aliphatic rings. The predicted molar refractivity (Wildman–Crippen MR) is 61.4 cm³/mol. The molecule has 1 rings (SSSR count). The molecule has 0 saturated carbocycles. The van der Waals surface area contributed by atoms with Crippen molar-refractivity contribution in [2.75, 3.05) is 24.3 Å². The van der Waals surface area contributed by atoms with E-state index in [-0.39, 0.29) is 0 Å². The Morgan fingerprint density at radius 3 is 2.77 bits per heavy atom. The zero-order chi connectivity index (χ0) is 9.68. The molecule has 13 heavy (non-hydrogen) atoms. The van der Waals surface area contributed by atoms with Crippen molar-refractivity contribution in [1.29, 1.82) is 0 Å². The molecule has 0 spiro atoms. The Bertz CT molecular complexity index is 333. The molecular formula is C11H12BrN. The first kappa shape index (κ1) is 10.1. The fraction of sp³-hybridized carbons (Fsp3) is 0.273. The van der Waals surface area contributed by atoms with E-state index in [1.54, 1.807) is 0 Å². The molecule has 1 aromatic carbocycles. The second kappa shape index (κ2) is 4.94. The van der Waals surface area contributed by atoms with Crippen LogP contribution >= 0.6 is 15.9 Å². The lowest BCUT2D eigenvalue weighted by molar-refractivity contribution is 1.13. The highest BCUT2D eigenvalue weighted by Gasteiger charge is 1.93. The highest BCUT2D eigenvalue weighted by molar-refractivity contribution is 9.09. The van der Waals surface area contributed by atoms with Crippen molar-refractivity contribution in [3.63, 3.8) is 0 Å². The Hall–Kier alpha value is -0.940. The van der Waals surface area contributed by atoms with Gasteiger partial charge in [-0.05, 0) is 18.2 Å². The molecule has 0 aliphatic carbocycles. The first-order valence-corrected chi connectivity index (χ1v) is 5.18. The second-order valence-corrected chi connectivity index (χ2v) is 3.44. The first-order valence-electron chi connectivity index (χ1n) is 4.06. The van der Waals surface area contributed by atoms with Gasteiger partial charge in [0, 0.05) is 25.3 Å². The fourth-order valence-electron chi connectivity index (χ4n) is 0.997. The number of halogens is 1. The zero-order valence-electron chi connectivity index (χ0n) is 7.84. The van der Waals surface area contributed by atoms with Gasteiger partial charge in [0.25, 0.3) is 0 Å². The summed E-state index contributed by atoms with van der Waals surface area (Å²) in [6.07, 6.45) is 0. The van der Waals surface area contributed by atoms with Crippen molar-refractivity contribution < 1.29 is 0 Å². The quantitative estimate of drug-likeness (QED) is 0.536. The molecule has 68 valence electrons. The van der Waals surface area contributed by atoms with Crippen LogP contribution in [0.5, 0.6) is 0 Å². The van der Waals surface area contributed by atoms with E-state index in [9.17, 15) is 0 Å². The summed E-state index contributed by atoms with van der Waals surface area (Å²) < 4.78 is 0. The number of anilines is 1. The summed E-state index contributed by atoms with van der Waals surface area (Å²) in [5.41, 5.74) is 2.24. The molecule has 0 amide bonds. The fourth-order valence-corrected chi connectivity index (χ4v) is 1.14. The van der Waals surface area contributed by atoms with E-state index in [0.717, 1.165) is 10.9 Å². The van der Waals surface area contributed by atoms with E-state index < -0.39 is 0 Å². The van der Waals surface area contributed by atoms with E-state index in [4.69, 9.17) is 0 Å². The van der Waals surface area contributed by atoms with Crippen molar-refractivity contribution in [3.05, 3.63) is 29.8 Å². The third-order valence-corrected chi connectivity index (χ3v) is 1.94. The van der Waals surface area contributed by atoms with Crippen LogP contribution < -0.4 is 4.90 Å². The van der Waals surface area contributed by atoms with E-state index in [0.29, 0.717) is 0 Å². The summed E-state index contributed by atoms with van der Waals surface area (Å²) in [6.45, 7) is 0. The largest absolute Gasteiger partial charge is 0.378 e. The molecule has 1 aromatic rings. The molecule has 0 N–H and O–H groups in total. The van der Waals surface area contributed by atoms with Gasteiger partial charge in [0.05, 0.1) is 5.33 Å². The van der Waals surface area contributed by atoms with Gasteiger partial charge < -0.3 is 4.90 Å². The zero-order valence-corrected chi connectivity index (χ0v) is 9.43. The Balaban J connectivity index is 2.92. The van der Waals surface area contributed by atoms with Crippen LogP contribution in [-0.4, -0.2) is 19.4 Å². The van der Waals surface area contributed by atoms with E-state index in [1.165, 1.54) is 5.69 Å². The topological polar surface area (TPSA) is 3.24 Å². The number of rotatable bonds is 1. The van der Waals surface area contributed by atoms with Crippen molar-refractivity contribution in [3.8, 4) is 11.8 Å². The van der Waals surface area contributed by atoms with Crippen molar-refractivity contribution in [2.24, 2.45) is 0 Å². The summed E-state index contributed by atoms with van der Waals surface area (Å²) in [5, 5.41) is 0.721. The smallest absolute Gasteiger partial charge is 0.0649 e. The lowest BCUT2D eigenvalue weighted by Crippen LogP contribution is -2.08. The van der Waals surface area contributed by atoms with Gasteiger partial charge in [0.15, 0.2) is 0 Å². The van der Waals surface area contributed by atoms with Crippen LogP contribution in [0.25, 0.3) is 0 Å². The lowest BCUT2D eigenvalue weighted by atomic mass is 10.2. The number of alkyl halides is 1. The molecule has 0 aromatic heterocycles. The molecule has 0 aliphatic heterocycles. The molecule has 0 unspecified atom stereocenters. The Labute approximate surface area is 87.9 Å². The Morgan fingerprint density at radius 1 is 1.38 bits per heavy atom. The summed E-state index contributed by atoms with van der Waals surface area (Å²) in [7, 11) is 4.05. The van der Waals surface area contributed by atoms with Crippen LogP contribution in [0.1, 0.15) is 5.56 Å². The third-order valence-electron chi connectivity index (χ3n) is 1.66. The molecule has 0 fully saturated rings. The summed E-state index contributed by atoms with van der Waals surface area (Å²) in [6, 6.07) is 8.19. The summed E-state index contributed by atoms with van der Waals surface area (Å²) in [4.78, 5) is 2.07. The molecule has 1 nitrogen and oxygen atoms in total. The Kier molecular flexibility index (Phi) is 3.85. The monoisotopic (exact) mass is 237 g/mol. The van der Waals surface area contributed by atoms with Crippen molar-refractivity contribution in [1.82, 2.24) is 0 Å². The Morgan fingerprint density at radius 2 is 2.15 bits per heavy atom. The standard InChI is InChI=1S/C11H12BrN/c1-13(2)11-7-3-5-10(9-11)6-4-8-12/h3,5,7,9H,8H2,1-2H3. The maximum Gasteiger partial charge on any atom is 0.0649 e. The third kappa shape index (κ3) is 3.12. The molecule has 0 atom stereocenters. The van der Waals surface area contributed by atoms with Crippen LogP contribution in [0.3, 0.4) is 0 Å². The molecule has 0 bridgehead atoms. The van der Waals surface area contributed by atoms with Crippen LogP contribution in [0.15, 0.2) is 24.3 Å². The van der Waals surface area contributed by atoms with Gasteiger partial charge in [0.2, 0.25) is 0 Å². The number of benzene rings is 1. The normalized spacial score (nSPS) is 8.85. The van der Waals surface area contributed by atoms with Gasteiger partial charge in [-0.1, -0.05) is 33.8 Å². The summed E-state index contributed by atoms with van der Waals surface area (Å²) >= 11 is 3.27. The minimum Gasteiger partial charge on any atom is -0.378 e. The number of nitrogens with zero attached hydrogens (tertiary/aromatic N) is 1. The van der Waals surface area contributed by atoms with Crippen molar-refractivity contribution >= 4 is 21.6 Å². The maximum atomic E-state index is 3.27. The van der Waals surface area contributed by atoms with Gasteiger partial charge in [-0.2, -0.15) is 0 Å². The maximum absolute atomic E-state index is 3.27. The highest BCUT2D eigenvalue weighted by Crippen LogP contribution is 2.12. The van der Waals surface area contributed by atoms with Gasteiger partial charge in [-0.15, -0.1) is 0 Å². The highest BCUT2D eigenvalue weighted by atomic mass is 79.9. The van der Waals surface area contributed by atoms with E-state index in [2.05, 4.69) is 44.8 Å². The van der Waals surface area contributed by atoms with Gasteiger partial charge in [0.1, 0.15) is 0 Å². The molecule has 2 heteroatoms. The first-order chi connectivity index (χ1) is 6.24. The van der Waals surface area contributed by atoms with Gasteiger partial charge in [-0.25, -0.2) is 0 Å². The average Bonchev–Trinajstić information content (AvgIpc) is 2.15. The minimum absolute atomic E-state index is 0.721. The van der Waals surface area contributed by atoms with Crippen molar-refractivity contribution in [2.45, 2.75) is 0 Å². The molecular weight excluding hydrogens is 226 g/mol. The lowest BCUT2D eigenvalue weighted by Gasteiger charge is -2.11. The second-order valence-electron chi connectivity index (χ2n) is 2.88. The van der Waals surface area contributed by atoms with Crippen LogP contribution in [0.4, 0.5) is 5.69 Å².